The number of rotatable bonds is 11. The number of unbranched alkanes of at least 4 members (excludes halogenated alkanes) is 3. The first kappa shape index (κ1) is 20.7. The van der Waals surface area contributed by atoms with Gasteiger partial charge < -0.3 is 10.0 Å². The van der Waals surface area contributed by atoms with Gasteiger partial charge in [0.2, 0.25) is 0 Å². The van der Waals surface area contributed by atoms with E-state index < -0.39 is 5.97 Å². The van der Waals surface area contributed by atoms with Crippen LogP contribution in [0.5, 0.6) is 0 Å². The molecule has 0 atom stereocenters. The minimum atomic E-state index is -0.711. The predicted octanol–water partition coefficient (Wildman–Crippen LogP) is 4.56. The van der Waals surface area contributed by atoms with Gasteiger partial charge in [0.15, 0.2) is 0 Å². The Morgan fingerprint density at radius 2 is 1.16 bits per heavy atom. The SMILES string of the molecule is CCCC(=O)O.CCCCN(CCCC)CCCC. The average molecular weight is 273 g/mol. The van der Waals surface area contributed by atoms with Crippen molar-refractivity contribution in [2.24, 2.45) is 0 Å². The standard InChI is InChI=1S/C12H27N.C4H8O2/c1-4-7-10-13(11-8-5-2)12-9-6-3;1-2-3-4(5)6/h4-12H2,1-3H3;2-3H2,1H3,(H,5,6). The van der Waals surface area contributed by atoms with Crippen LogP contribution in [0.1, 0.15) is 79.1 Å². The maximum absolute atomic E-state index is 9.60. The molecule has 0 heterocycles. The molecule has 0 rings (SSSR count). The minimum Gasteiger partial charge on any atom is -0.481 e. The summed E-state index contributed by atoms with van der Waals surface area (Å²) >= 11 is 0. The number of carboxylic acids is 1. The molecule has 0 aromatic carbocycles. The van der Waals surface area contributed by atoms with Gasteiger partial charge in [-0.15, -0.1) is 0 Å². The van der Waals surface area contributed by atoms with Gasteiger partial charge in [-0.05, 0) is 45.3 Å². The van der Waals surface area contributed by atoms with Gasteiger partial charge >= 0.3 is 5.97 Å². The normalized spacial score (nSPS) is 10.2. The van der Waals surface area contributed by atoms with Crippen LogP contribution >= 0.6 is 0 Å². The van der Waals surface area contributed by atoms with Gasteiger partial charge in [0, 0.05) is 6.42 Å². The lowest BCUT2D eigenvalue weighted by atomic mass is 10.2. The van der Waals surface area contributed by atoms with Crippen molar-refractivity contribution in [1.29, 1.82) is 0 Å². The first-order valence-corrected chi connectivity index (χ1v) is 8.06. The summed E-state index contributed by atoms with van der Waals surface area (Å²) in [6.07, 6.45) is 9.11. The number of nitrogens with zero attached hydrogens (tertiary/aromatic N) is 1. The molecule has 1 N–H and O–H groups in total. The third-order valence-electron chi connectivity index (χ3n) is 2.95. The zero-order valence-corrected chi connectivity index (χ0v) is 13.6. The molecular formula is C16H35NO2. The fraction of sp³-hybridized carbons (Fsp3) is 0.938. The molecule has 0 amide bonds. The van der Waals surface area contributed by atoms with Crippen LogP contribution in [0.15, 0.2) is 0 Å². The average Bonchev–Trinajstić information content (AvgIpc) is 2.38. The second-order valence-electron chi connectivity index (χ2n) is 5.05. The van der Waals surface area contributed by atoms with E-state index in [1.54, 1.807) is 0 Å². The zero-order valence-electron chi connectivity index (χ0n) is 13.6. The summed E-state index contributed by atoms with van der Waals surface area (Å²) in [5.41, 5.74) is 0. The summed E-state index contributed by atoms with van der Waals surface area (Å²) in [4.78, 5) is 12.2. The summed E-state index contributed by atoms with van der Waals surface area (Å²) in [7, 11) is 0. The van der Waals surface area contributed by atoms with Crippen molar-refractivity contribution in [3.63, 3.8) is 0 Å². The molecule has 0 bridgehead atoms. The smallest absolute Gasteiger partial charge is 0.303 e. The van der Waals surface area contributed by atoms with Crippen molar-refractivity contribution in [3.05, 3.63) is 0 Å². The lowest BCUT2D eigenvalue weighted by Gasteiger charge is -2.21. The maximum Gasteiger partial charge on any atom is 0.303 e. The molecule has 0 aliphatic carbocycles. The first-order valence-electron chi connectivity index (χ1n) is 8.06. The lowest BCUT2D eigenvalue weighted by molar-refractivity contribution is -0.137. The Morgan fingerprint density at radius 1 is 0.789 bits per heavy atom. The van der Waals surface area contributed by atoms with Crippen LogP contribution in [0.4, 0.5) is 0 Å². The second-order valence-corrected chi connectivity index (χ2v) is 5.05. The van der Waals surface area contributed by atoms with Crippen molar-refractivity contribution >= 4 is 5.97 Å². The van der Waals surface area contributed by atoms with E-state index in [1.807, 2.05) is 6.92 Å². The third kappa shape index (κ3) is 19.9. The van der Waals surface area contributed by atoms with E-state index >= 15 is 0 Å². The molecule has 0 unspecified atom stereocenters. The number of hydrogen-bond acceptors (Lipinski definition) is 2. The van der Waals surface area contributed by atoms with Gasteiger partial charge in [0.05, 0.1) is 0 Å². The molecule has 3 nitrogen and oxygen atoms in total. The van der Waals surface area contributed by atoms with Gasteiger partial charge in [-0.3, -0.25) is 4.79 Å². The van der Waals surface area contributed by atoms with Crippen LogP contribution in [-0.4, -0.2) is 35.6 Å². The fourth-order valence-electron chi connectivity index (χ4n) is 1.69. The Kier molecular flexibility index (Phi) is 19.0. The second kappa shape index (κ2) is 17.4. The molecule has 0 saturated carbocycles. The largest absolute Gasteiger partial charge is 0.481 e. The Labute approximate surface area is 120 Å². The summed E-state index contributed by atoms with van der Waals surface area (Å²) in [5, 5.41) is 7.91. The molecule has 0 aromatic rings. The molecule has 0 aromatic heterocycles. The molecule has 0 fully saturated rings. The zero-order chi connectivity index (χ0) is 14.9. The minimum absolute atomic E-state index is 0.292. The van der Waals surface area contributed by atoms with E-state index in [4.69, 9.17) is 5.11 Å². The van der Waals surface area contributed by atoms with Crippen LogP contribution in [0.2, 0.25) is 0 Å². The molecule has 19 heavy (non-hydrogen) atoms. The summed E-state index contributed by atoms with van der Waals surface area (Å²) in [5.74, 6) is -0.711. The van der Waals surface area contributed by atoms with E-state index in [0.717, 1.165) is 6.42 Å². The molecule has 0 spiro atoms. The van der Waals surface area contributed by atoms with Crippen molar-refractivity contribution in [1.82, 2.24) is 4.90 Å². The number of carboxylic acid groups (broad SMARTS) is 1. The highest BCUT2D eigenvalue weighted by Gasteiger charge is 2.01. The third-order valence-corrected chi connectivity index (χ3v) is 2.95. The van der Waals surface area contributed by atoms with Gasteiger partial charge in [-0.25, -0.2) is 0 Å². The van der Waals surface area contributed by atoms with Crippen molar-refractivity contribution < 1.29 is 9.90 Å². The topological polar surface area (TPSA) is 40.5 Å². The van der Waals surface area contributed by atoms with Crippen LogP contribution in [0, 0.1) is 0 Å². The van der Waals surface area contributed by atoms with Crippen molar-refractivity contribution in [3.8, 4) is 0 Å². The summed E-state index contributed by atoms with van der Waals surface area (Å²) in [6.45, 7) is 12.6. The highest BCUT2D eigenvalue weighted by atomic mass is 16.4. The monoisotopic (exact) mass is 273 g/mol. The molecule has 0 saturated heterocycles. The molecule has 0 radical (unpaired) electrons. The van der Waals surface area contributed by atoms with Gasteiger partial charge in [-0.1, -0.05) is 47.0 Å². The van der Waals surface area contributed by atoms with E-state index in [-0.39, 0.29) is 0 Å². The Morgan fingerprint density at radius 3 is 1.32 bits per heavy atom. The number of carbonyl (C=O) groups is 1. The van der Waals surface area contributed by atoms with E-state index in [2.05, 4.69) is 25.7 Å². The number of hydrogen-bond donors (Lipinski definition) is 1. The summed E-state index contributed by atoms with van der Waals surface area (Å²) < 4.78 is 0. The number of aliphatic carboxylic acids is 1. The molecule has 0 aliphatic heterocycles. The van der Waals surface area contributed by atoms with Crippen molar-refractivity contribution in [2.45, 2.75) is 79.1 Å². The maximum atomic E-state index is 9.60. The van der Waals surface area contributed by atoms with Gasteiger partial charge in [0.25, 0.3) is 0 Å². The lowest BCUT2D eigenvalue weighted by Crippen LogP contribution is -2.27. The highest BCUT2D eigenvalue weighted by molar-refractivity contribution is 5.66. The van der Waals surface area contributed by atoms with E-state index in [0.29, 0.717) is 6.42 Å². The van der Waals surface area contributed by atoms with Crippen LogP contribution in [0.25, 0.3) is 0 Å². The quantitative estimate of drug-likeness (QED) is 0.600. The van der Waals surface area contributed by atoms with Crippen LogP contribution < -0.4 is 0 Å². The van der Waals surface area contributed by atoms with Crippen LogP contribution in [-0.2, 0) is 4.79 Å². The molecule has 0 aliphatic rings. The molecule has 116 valence electrons. The van der Waals surface area contributed by atoms with Crippen LogP contribution in [0.3, 0.4) is 0 Å². The molecule has 3 heteroatoms. The fourth-order valence-corrected chi connectivity index (χ4v) is 1.69. The van der Waals surface area contributed by atoms with E-state index in [9.17, 15) is 4.79 Å². The molecular weight excluding hydrogens is 238 g/mol. The Hall–Kier alpha value is -0.570. The van der Waals surface area contributed by atoms with Gasteiger partial charge in [-0.2, -0.15) is 0 Å². The first-order chi connectivity index (χ1) is 9.12. The Balaban J connectivity index is 0. The highest BCUT2D eigenvalue weighted by Crippen LogP contribution is 2.01. The predicted molar refractivity (Wildman–Crippen MR) is 83.7 cm³/mol. The summed E-state index contributed by atoms with van der Waals surface area (Å²) in [6, 6.07) is 0. The Bertz CT molecular complexity index is 165. The van der Waals surface area contributed by atoms with Crippen molar-refractivity contribution in [2.75, 3.05) is 19.6 Å². The van der Waals surface area contributed by atoms with E-state index in [1.165, 1.54) is 58.2 Å². The van der Waals surface area contributed by atoms with Gasteiger partial charge in [0.1, 0.15) is 0 Å².